The van der Waals surface area contributed by atoms with Crippen LogP contribution in [-0.4, -0.2) is 54.6 Å². The Morgan fingerprint density at radius 3 is 2.69 bits per heavy atom. The van der Waals surface area contributed by atoms with Gasteiger partial charge in [0.05, 0.1) is 37.5 Å². The van der Waals surface area contributed by atoms with Crippen LogP contribution in [0.3, 0.4) is 0 Å². The number of morpholine rings is 1. The number of ether oxygens (including phenoxy) is 4. The molecule has 1 saturated heterocycles. The fourth-order valence-corrected chi connectivity index (χ4v) is 4.26. The number of amides is 1. The summed E-state index contributed by atoms with van der Waals surface area (Å²) in [7, 11) is 1.49. The number of nitrogens with one attached hydrogen (secondary N) is 1. The van der Waals surface area contributed by atoms with E-state index in [9.17, 15) is 10.1 Å². The van der Waals surface area contributed by atoms with Crippen LogP contribution in [-0.2, 0) is 4.74 Å². The number of hydrogen-bond acceptors (Lipinski definition) is 8. The first-order chi connectivity index (χ1) is 17.1. The Labute approximate surface area is 201 Å². The van der Waals surface area contributed by atoms with E-state index in [1.165, 1.54) is 7.11 Å². The van der Waals surface area contributed by atoms with Crippen molar-refractivity contribution in [2.24, 2.45) is 5.73 Å². The van der Waals surface area contributed by atoms with Gasteiger partial charge in [0.2, 0.25) is 11.8 Å². The molecule has 1 atom stereocenters. The molecular weight excluding hydrogens is 450 g/mol. The van der Waals surface area contributed by atoms with E-state index in [1.54, 1.807) is 23.1 Å². The van der Waals surface area contributed by atoms with Crippen molar-refractivity contribution < 1.29 is 23.7 Å². The second-order valence-electron chi connectivity index (χ2n) is 7.99. The topological polar surface area (TPSA) is 136 Å². The van der Waals surface area contributed by atoms with Crippen molar-refractivity contribution in [3.05, 3.63) is 71.1 Å². The van der Waals surface area contributed by atoms with Gasteiger partial charge < -0.3 is 29.6 Å². The number of nitriles is 1. The van der Waals surface area contributed by atoms with Gasteiger partial charge in [-0.1, -0.05) is 36.4 Å². The minimum atomic E-state index is -0.574. The molecule has 178 valence electrons. The van der Waals surface area contributed by atoms with Gasteiger partial charge in [0.1, 0.15) is 11.6 Å². The van der Waals surface area contributed by atoms with Crippen LogP contribution in [0.1, 0.15) is 17.0 Å². The fraction of sp³-hybridized carbons (Fsp3) is 0.240. The zero-order valence-electron chi connectivity index (χ0n) is 19.0. The number of fused-ring (bicyclic) bond motifs is 1. The van der Waals surface area contributed by atoms with E-state index < -0.39 is 12.0 Å². The lowest BCUT2D eigenvalue weighted by atomic mass is 9.83. The molecular formula is C25H23N5O5. The molecule has 5 rings (SSSR count). The Hall–Kier alpha value is -4.49. The van der Waals surface area contributed by atoms with Crippen molar-refractivity contribution in [1.29, 1.82) is 5.26 Å². The third-order valence-electron chi connectivity index (χ3n) is 5.99. The van der Waals surface area contributed by atoms with Crippen molar-refractivity contribution in [1.82, 2.24) is 15.1 Å². The molecule has 3 N–H and O–H groups in total. The number of aromatic nitrogens is 2. The van der Waals surface area contributed by atoms with Gasteiger partial charge in [0.25, 0.3) is 0 Å². The van der Waals surface area contributed by atoms with E-state index in [0.717, 1.165) is 5.56 Å². The van der Waals surface area contributed by atoms with E-state index in [0.29, 0.717) is 54.8 Å². The van der Waals surface area contributed by atoms with E-state index >= 15 is 0 Å². The SMILES string of the molecule is COc1cc([C@H]2C(C#N)=C(N)Oc3n[nH]c(-c4ccccc4)c32)ccc1OC(=O)N1CCOCC1. The highest BCUT2D eigenvalue weighted by Crippen LogP contribution is 2.47. The fourth-order valence-electron chi connectivity index (χ4n) is 4.26. The Morgan fingerprint density at radius 1 is 1.20 bits per heavy atom. The number of carbonyl (C=O) groups is 1. The maximum Gasteiger partial charge on any atom is 0.415 e. The Kier molecular flexibility index (Phi) is 5.99. The number of carbonyl (C=O) groups excluding carboxylic acids is 1. The molecule has 1 fully saturated rings. The van der Waals surface area contributed by atoms with E-state index in [4.69, 9.17) is 24.7 Å². The molecule has 0 saturated carbocycles. The molecule has 2 aliphatic heterocycles. The van der Waals surface area contributed by atoms with Crippen LogP contribution in [0, 0.1) is 11.3 Å². The molecule has 1 aromatic heterocycles. The van der Waals surface area contributed by atoms with Gasteiger partial charge in [0, 0.05) is 13.1 Å². The lowest BCUT2D eigenvalue weighted by molar-refractivity contribution is 0.0413. The number of nitrogens with zero attached hydrogens (tertiary/aromatic N) is 3. The molecule has 0 radical (unpaired) electrons. The van der Waals surface area contributed by atoms with Gasteiger partial charge in [-0.25, -0.2) is 4.79 Å². The van der Waals surface area contributed by atoms with Crippen molar-refractivity contribution in [3.8, 4) is 34.7 Å². The largest absolute Gasteiger partial charge is 0.493 e. The standard InChI is InChI=1S/C25H23N5O5/c1-32-19-13-16(7-8-18(19)34-25(31)30-9-11-33-12-10-30)20-17(14-26)23(27)35-24-21(20)22(28-29-24)15-5-3-2-4-6-15/h2-8,13,20H,9-12,27H2,1H3,(H,28,29)/t20-/m0/s1. The summed E-state index contributed by atoms with van der Waals surface area (Å²) in [6.07, 6.45) is -0.476. The highest BCUT2D eigenvalue weighted by molar-refractivity contribution is 5.73. The molecule has 2 aromatic carbocycles. The minimum Gasteiger partial charge on any atom is -0.493 e. The van der Waals surface area contributed by atoms with Crippen molar-refractivity contribution >= 4 is 6.09 Å². The number of nitrogens with two attached hydrogens (primary N) is 1. The maximum atomic E-state index is 12.6. The molecule has 10 heteroatoms. The summed E-state index contributed by atoms with van der Waals surface area (Å²) in [5.74, 6) is 0.323. The highest BCUT2D eigenvalue weighted by Gasteiger charge is 2.36. The molecule has 3 heterocycles. The van der Waals surface area contributed by atoms with Gasteiger partial charge in [0.15, 0.2) is 11.5 Å². The first-order valence-corrected chi connectivity index (χ1v) is 11.0. The van der Waals surface area contributed by atoms with Crippen LogP contribution in [0.5, 0.6) is 17.4 Å². The Bertz CT molecular complexity index is 1320. The normalized spacial score (nSPS) is 17.3. The first-order valence-electron chi connectivity index (χ1n) is 11.0. The molecule has 35 heavy (non-hydrogen) atoms. The lowest BCUT2D eigenvalue weighted by Gasteiger charge is -2.27. The number of rotatable bonds is 4. The van der Waals surface area contributed by atoms with Crippen molar-refractivity contribution in [3.63, 3.8) is 0 Å². The molecule has 10 nitrogen and oxygen atoms in total. The Balaban J connectivity index is 1.54. The Morgan fingerprint density at radius 2 is 1.97 bits per heavy atom. The van der Waals surface area contributed by atoms with Gasteiger partial charge in [-0.3, -0.25) is 5.10 Å². The predicted molar refractivity (Wildman–Crippen MR) is 125 cm³/mol. The average molecular weight is 473 g/mol. The quantitative estimate of drug-likeness (QED) is 0.590. The van der Waals surface area contributed by atoms with Crippen molar-refractivity contribution in [2.45, 2.75) is 5.92 Å². The van der Waals surface area contributed by atoms with Gasteiger partial charge in [-0.2, -0.15) is 5.26 Å². The minimum absolute atomic E-state index is 0.0158. The predicted octanol–water partition coefficient (Wildman–Crippen LogP) is 3.13. The number of benzene rings is 2. The molecule has 0 aliphatic carbocycles. The summed E-state index contributed by atoms with van der Waals surface area (Å²) < 4.78 is 22.1. The van der Waals surface area contributed by atoms with Crippen LogP contribution in [0.2, 0.25) is 0 Å². The smallest absolute Gasteiger partial charge is 0.415 e. The number of aromatic amines is 1. The zero-order valence-corrected chi connectivity index (χ0v) is 19.0. The first kappa shape index (κ1) is 22.3. The monoisotopic (exact) mass is 473 g/mol. The van der Waals surface area contributed by atoms with Crippen LogP contribution in [0.25, 0.3) is 11.3 Å². The summed E-state index contributed by atoms with van der Waals surface area (Å²) >= 11 is 0. The number of hydrogen-bond donors (Lipinski definition) is 2. The zero-order chi connectivity index (χ0) is 24.4. The summed E-state index contributed by atoms with van der Waals surface area (Å²) in [6.45, 7) is 1.86. The number of allylic oxidation sites excluding steroid dienone is 1. The number of methoxy groups -OCH3 is 1. The van der Waals surface area contributed by atoms with E-state index in [2.05, 4.69) is 16.3 Å². The summed E-state index contributed by atoms with van der Waals surface area (Å²) in [5, 5.41) is 17.3. The van der Waals surface area contributed by atoms with Crippen molar-refractivity contribution in [2.75, 3.05) is 33.4 Å². The maximum absolute atomic E-state index is 12.6. The van der Waals surface area contributed by atoms with Gasteiger partial charge in [-0.15, -0.1) is 5.10 Å². The van der Waals surface area contributed by atoms with E-state index in [-0.39, 0.29) is 17.2 Å². The third-order valence-corrected chi connectivity index (χ3v) is 5.99. The third kappa shape index (κ3) is 4.13. The van der Waals surface area contributed by atoms with Crippen LogP contribution >= 0.6 is 0 Å². The molecule has 0 unspecified atom stereocenters. The molecule has 1 amide bonds. The van der Waals surface area contributed by atoms with Crippen LogP contribution in [0.4, 0.5) is 4.79 Å². The molecule has 2 aliphatic rings. The lowest BCUT2D eigenvalue weighted by Crippen LogP contribution is -2.42. The summed E-state index contributed by atoms with van der Waals surface area (Å²) in [5.41, 5.74) is 9.33. The molecule has 3 aromatic rings. The van der Waals surface area contributed by atoms with Crippen LogP contribution in [0.15, 0.2) is 60.0 Å². The van der Waals surface area contributed by atoms with E-state index in [1.807, 2.05) is 30.3 Å². The number of H-pyrrole nitrogens is 1. The molecule has 0 bridgehead atoms. The second-order valence-corrected chi connectivity index (χ2v) is 7.99. The van der Waals surface area contributed by atoms with Gasteiger partial charge in [-0.05, 0) is 23.3 Å². The second kappa shape index (κ2) is 9.40. The summed E-state index contributed by atoms with van der Waals surface area (Å²) in [4.78, 5) is 14.2. The highest BCUT2D eigenvalue weighted by atomic mass is 16.6. The van der Waals surface area contributed by atoms with Gasteiger partial charge >= 0.3 is 6.09 Å². The average Bonchev–Trinajstić information content (AvgIpc) is 3.32. The van der Waals surface area contributed by atoms with Crippen LogP contribution < -0.4 is 19.9 Å². The molecule has 0 spiro atoms. The summed E-state index contributed by atoms with van der Waals surface area (Å²) in [6, 6.07) is 17.0.